The third-order valence-electron chi connectivity index (χ3n) is 4.54. The molecule has 4 nitrogen and oxygen atoms in total. The van der Waals surface area contributed by atoms with E-state index in [0.717, 1.165) is 45.5 Å². The minimum Gasteiger partial charge on any atom is -0.378 e. The van der Waals surface area contributed by atoms with Crippen molar-refractivity contribution >= 4 is 5.91 Å². The highest BCUT2D eigenvalue weighted by Gasteiger charge is 2.30. The molecular formula is C17H24N2O2. The molecular weight excluding hydrogens is 264 g/mol. The van der Waals surface area contributed by atoms with Crippen molar-refractivity contribution in [3.63, 3.8) is 0 Å². The summed E-state index contributed by atoms with van der Waals surface area (Å²) in [5.74, 6) is 0.249. The predicted octanol–water partition coefficient (Wildman–Crippen LogP) is 1.73. The summed E-state index contributed by atoms with van der Waals surface area (Å²) in [5.41, 5.74) is 2.62. The molecule has 0 radical (unpaired) electrons. The summed E-state index contributed by atoms with van der Waals surface area (Å²) >= 11 is 0. The molecule has 0 aromatic heterocycles. The number of fused-ring (bicyclic) bond motifs is 1. The smallest absolute Gasteiger partial charge is 0.240 e. The lowest BCUT2D eigenvalue weighted by molar-refractivity contribution is -0.136. The molecule has 21 heavy (non-hydrogen) atoms. The number of nitrogens with zero attached hydrogens (tertiary/aromatic N) is 1. The van der Waals surface area contributed by atoms with E-state index >= 15 is 0 Å². The molecule has 0 bridgehead atoms. The SMILES string of the molecule is CCOC1CCN(C(=O)[C@H]2Cc3ccccc3CN2)CC1. The summed E-state index contributed by atoms with van der Waals surface area (Å²) in [4.78, 5) is 14.7. The highest BCUT2D eigenvalue weighted by Crippen LogP contribution is 2.20. The molecule has 0 aliphatic carbocycles. The quantitative estimate of drug-likeness (QED) is 0.921. The van der Waals surface area contributed by atoms with Crippen molar-refractivity contribution in [2.24, 2.45) is 0 Å². The zero-order chi connectivity index (χ0) is 14.7. The van der Waals surface area contributed by atoms with Crippen LogP contribution < -0.4 is 5.32 Å². The molecule has 1 fully saturated rings. The van der Waals surface area contributed by atoms with Crippen molar-refractivity contribution in [2.45, 2.75) is 44.9 Å². The summed E-state index contributed by atoms with van der Waals surface area (Å²) in [5, 5.41) is 3.39. The molecule has 1 N–H and O–H groups in total. The van der Waals surface area contributed by atoms with Crippen LogP contribution in [0.4, 0.5) is 0 Å². The molecule has 114 valence electrons. The van der Waals surface area contributed by atoms with Crippen LogP contribution in [-0.2, 0) is 22.5 Å². The lowest BCUT2D eigenvalue weighted by Gasteiger charge is -2.35. The monoisotopic (exact) mass is 288 g/mol. The van der Waals surface area contributed by atoms with Gasteiger partial charge in [-0.2, -0.15) is 0 Å². The van der Waals surface area contributed by atoms with Crippen LogP contribution in [0.25, 0.3) is 0 Å². The van der Waals surface area contributed by atoms with Crippen LogP contribution in [0, 0.1) is 0 Å². The molecule has 1 aromatic carbocycles. The van der Waals surface area contributed by atoms with Gasteiger partial charge in [0.25, 0.3) is 0 Å². The molecule has 2 heterocycles. The van der Waals surface area contributed by atoms with E-state index in [9.17, 15) is 4.79 Å². The van der Waals surface area contributed by atoms with Gasteiger partial charge in [-0.1, -0.05) is 24.3 Å². The van der Waals surface area contributed by atoms with E-state index in [2.05, 4.69) is 29.6 Å². The van der Waals surface area contributed by atoms with Gasteiger partial charge in [-0.25, -0.2) is 0 Å². The average Bonchev–Trinajstić information content (AvgIpc) is 2.55. The highest BCUT2D eigenvalue weighted by molar-refractivity contribution is 5.82. The van der Waals surface area contributed by atoms with E-state index < -0.39 is 0 Å². The number of amides is 1. The second-order valence-electron chi connectivity index (χ2n) is 5.89. The average molecular weight is 288 g/mol. The van der Waals surface area contributed by atoms with Crippen molar-refractivity contribution in [3.8, 4) is 0 Å². The minimum atomic E-state index is -0.0662. The Morgan fingerprint density at radius 1 is 1.29 bits per heavy atom. The van der Waals surface area contributed by atoms with Gasteiger partial charge >= 0.3 is 0 Å². The number of likely N-dealkylation sites (tertiary alicyclic amines) is 1. The van der Waals surface area contributed by atoms with Gasteiger partial charge in [0.15, 0.2) is 0 Å². The number of carbonyl (C=O) groups excluding carboxylic acids is 1. The Bertz CT molecular complexity index is 495. The third kappa shape index (κ3) is 3.27. The van der Waals surface area contributed by atoms with Gasteiger partial charge < -0.3 is 15.0 Å². The lowest BCUT2D eigenvalue weighted by Crippen LogP contribution is -2.52. The largest absolute Gasteiger partial charge is 0.378 e. The number of benzene rings is 1. The van der Waals surface area contributed by atoms with E-state index in [1.807, 2.05) is 11.8 Å². The maximum absolute atomic E-state index is 12.7. The number of piperidine rings is 1. The molecule has 2 aliphatic rings. The van der Waals surface area contributed by atoms with E-state index in [4.69, 9.17) is 4.74 Å². The van der Waals surface area contributed by atoms with E-state index in [1.165, 1.54) is 11.1 Å². The van der Waals surface area contributed by atoms with Crippen molar-refractivity contribution in [1.29, 1.82) is 0 Å². The van der Waals surface area contributed by atoms with Gasteiger partial charge in [-0.3, -0.25) is 4.79 Å². The summed E-state index contributed by atoms with van der Waals surface area (Å²) in [7, 11) is 0. The first-order chi connectivity index (χ1) is 10.3. The number of nitrogens with one attached hydrogen (secondary N) is 1. The van der Waals surface area contributed by atoms with Crippen LogP contribution in [0.5, 0.6) is 0 Å². The first-order valence-electron chi connectivity index (χ1n) is 7.98. The van der Waals surface area contributed by atoms with Crippen LogP contribution in [-0.4, -0.2) is 42.6 Å². The molecule has 3 rings (SSSR count). The Morgan fingerprint density at radius 2 is 2.00 bits per heavy atom. The van der Waals surface area contributed by atoms with Gasteiger partial charge in [-0.05, 0) is 37.3 Å². The molecule has 1 saturated heterocycles. The molecule has 1 amide bonds. The van der Waals surface area contributed by atoms with Gasteiger partial charge in [0.2, 0.25) is 5.91 Å². The van der Waals surface area contributed by atoms with Gasteiger partial charge in [0.1, 0.15) is 0 Å². The fraction of sp³-hybridized carbons (Fsp3) is 0.588. The second-order valence-corrected chi connectivity index (χ2v) is 5.89. The van der Waals surface area contributed by atoms with Gasteiger partial charge in [0, 0.05) is 26.2 Å². The molecule has 0 saturated carbocycles. The number of hydrogen-bond donors (Lipinski definition) is 1. The first kappa shape index (κ1) is 14.5. The Kier molecular flexibility index (Phi) is 4.56. The molecule has 1 atom stereocenters. The maximum Gasteiger partial charge on any atom is 0.240 e. The summed E-state index contributed by atoms with van der Waals surface area (Å²) < 4.78 is 5.65. The van der Waals surface area contributed by atoms with Crippen molar-refractivity contribution in [1.82, 2.24) is 10.2 Å². The molecule has 2 aliphatic heterocycles. The fourth-order valence-electron chi connectivity index (χ4n) is 3.33. The number of ether oxygens (including phenoxy) is 1. The van der Waals surface area contributed by atoms with Crippen LogP contribution in [0.1, 0.15) is 30.9 Å². The van der Waals surface area contributed by atoms with Crippen molar-refractivity contribution in [3.05, 3.63) is 35.4 Å². The van der Waals surface area contributed by atoms with E-state index in [0.29, 0.717) is 6.10 Å². The molecule has 1 aromatic rings. The normalized spacial score (nSPS) is 22.9. The molecule has 0 unspecified atom stereocenters. The maximum atomic E-state index is 12.7. The van der Waals surface area contributed by atoms with E-state index in [-0.39, 0.29) is 11.9 Å². The highest BCUT2D eigenvalue weighted by atomic mass is 16.5. The Hall–Kier alpha value is -1.39. The molecule has 0 spiro atoms. The number of rotatable bonds is 3. The Morgan fingerprint density at radius 3 is 2.71 bits per heavy atom. The zero-order valence-corrected chi connectivity index (χ0v) is 12.7. The number of hydrogen-bond acceptors (Lipinski definition) is 3. The summed E-state index contributed by atoms with van der Waals surface area (Å²) in [6.45, 7) is 5.23. The molecule has 4 heteroatoms. The standard InChI is InChI=1S/C17H24N2O2/c1-2-21-15-7-9-19(10-8-15)17(20)16-11-13-5-3-4-6-14(13)12-18-16/h3-6,15-16,18H,2,7-12H2,1H3/t16-/m1/s1. The van der Waals surface area contributed by atoms with E-state index in [1.54, 1.807) is 0 Å². The van der Waals surface area contributed by atoms with Gasteiger partial charge in [-0.15, -0.1) is 0 Å². The van der Waals surface area contributed by atoms with Gasteiger partial charge in [0.05, 0.1) is 12.1 Å². The zero-order valence-electron chi connectivity index (χ0n) is 12.7. The van der Waals surface area contributed by atoms with Crippen molar-refractivity contribution < 1.29 is 9.53 Å². The Labute approximate surface area is 126 Å². The predicted molar refractivity (Wildman–Crippen MR) is 82.0 cm³/mol. The first-order valence-corrected chi connectivity index (χ1v) is 7.98. The second kappa shape index (κ2) is 6.58. The topological polar surface area (TPSA) is 41.6 Å². The Balaban J connectivity index is 1.57. The van der Waals surface area contributed by atoms with Crippen molar-refractivity contribution in [2.75, 3.05) is 19.7 Å². The summed E-state index contributed by atoms with van der Waals surface area (Å²) in [6.07, 6.45) is 3.06. The van der Waals surface area contributed by atoms with Crippen LogP contribution in [0.2, 0.25) is 0 Å². The van der Waals surface area contributed by atoms with Crippen LogP contribution in [0.15, 0.2) is 24.3 Å². The van der Waals surface area contributed by atoms with Crippen LogP contribution >= 0.6 is 0 Å². The lowest BCUT2D eigenvalue weighted by atomic mass is 9.94. The minimum absolute atomic E-state index is 0.0662. The van der Waals surface area contributed by atoms with Crippen LogP contribution in [0.3, 0.4) is 0 Å². The third-order valence-corrected chi connectivity index (χ3v) is 4.54. The fourth-order valence-corrected chi connectivity index (χ4v) is 3.33. The summed E-state index contributed by atoms with van der Waals surface area (Å²) in [6, 6.07) is 8.32. The number of carbonyl (C=O) groups is 1.